The number of allylic oxidation sites excluding steroid dienone is 3. The lowest BCUT2D eigenvalue weighted by molar-refractivity contribution is 0.584. The smallest absolute Gasteiger partial charge is 0.168 e. The maximum atomic E-state index is 9.19. The van der Waals surface area contributed by atoms with Crippen LogP contribution in [0, 0.1) is 28.1 Å². The number of nitriles is 2. The van der Waals surface area contributed by atoms with Crippen LogP contribution in [0.3, 0.4) is 0 Å². The van der Waals surface area contributed by atoms with Crippen molar-refractivity contribution >= 4 is 0 Å². The topological polar surface area (TPSA) is 47.6 Å². The third-order valence-corrected chi connectivity index (χ3v) is 2.92. The van der Waals surface area contributed by atoms with Gasteiger partial charge in [-0.1, -0.05) is 18.6 Å². The maximum absolute atomic E-state index is 9.19. The van der Waals surface area contributed by atoms with Crippen LogP contribution in [-0.4, -0.2) is 0 Å². The van der Waals surface area contributed by atoms with E-state index in [0.29, 0.717) is 6.42 Å². The second-order valence-corrected chi connectivity index (χ2v) is 3.95. The largest absolute Gasteiger partial charge is 0.196 e. The van der Waals surface area contributed by atoms with Crippen LogP contribution in [0.25, 0.3) is 0 Å². The summed E-state index contributed by atoms with van der Waals surface area (Å²) in [4.78, 5) is 0. The van der Waals surface area contributed by atoms with Gasteiger partial charge in [0.15, 0.2) is 5.41 Å². The number of rotatable bonds is 3. The van der Waals surface area contributed by atoms with E-state index in [2.05, 4.69) is 24.8 Å². The molecule has 0 saturated carbocycles. The Morgan fingerprint density at radius 3 is 2.67 bits per heavy atom. The molecule has 78 valence electrons. The molecular formula is C13H16N2. The zero-order valence-electron chi connectivity index (χ0n) is 9.00. The van der Waals surface area contributed by atoms with Gasteiger partial charge < -0.3 is 0 Å². The predicted octanol–water partition coefficient (Wildman–Crippen LogP) is 3.49. The second kappa shape index (κ2) is 5.37. The van der Waals surface area contributed by atoms with Gasteiger partial charge in [-0.25, -0.2) is 0 Å². The van der Waals surface area contributed by atoms with Gasteiger partial charge in [0.05, 0.1) is 12.1 Å². The van der Waals surface area contributed by atoms with E-state index in [4.69, 9.17) is 0 Å². The molecule has 1 rings (SSSR count). The minimum Gasteiger partial charge on any atom is -0.196 e. The Labute approximate surface area is 91.5 Å². The van der Waals surface area contributed by atoms with Crippen LogP contribution < -0.4 is 0 Å². The lowest BCUT2D eigenvalue weighted by Gasteiger charge is -2.20. The molecule has 0 unspecified atom stereocenters. The minimum absolute atomic E-state index is 0.436. The predicted molar refractivity (Wildman–Crippen MR) is 59.6 cm³/mol. The summed E-state index contributed by atoms with van der Waals surface area (Å²) in [5.74, 6) is 0. The molecule has 0 aromatic carbocycles. The minimum atomic E-state index is -0.952. The fraction of sp³-hybridized carbons (Fsp3) is 0.538. The third kappa shape index (κ3) is 2.48. The van der Waals surface area contributed by atoms with E-state index in [1.807, 2.05) is 0 Å². The highest BCUT2D eigenvalue weighted by molar-refractivity contribution is 5.34. The molecule has 1 aliphatic rings. The summed E-state index contributed by atoms with van der Waals surface area (Å²) in [5, 5.41) is 18.4. The van der Waals surface area contributed by atoms with E-state index < -0.39 is 5.41 Å². The molecule has 0 heterocycles. The first-order valence-electron chi connectivity index (χ1n) is 5.42. The van der Waals surface area contributed by atoms with Crippen LogP contribution in [0.5, 0.6) is 0 Å². The average molecular weight is 200 g/mol. The highest BCUT2D eigenvalue weighted by Crippen LogP contribution is 2.36. The second-order valence-electron chi connectivity index (χ2n) is 3.95. The fourth-order valence-electron chi connectivity index (χ4n) is 2.01. The zero-order valence-corrected chi connectivity index (χ0v) is 9.00. The normalized spacial score (nSPS) is 16.8. The lowest BCUT2D eigenvalue weighted by atomic mass is 9.78. The monoisotopic (exact) mass is 200 g/mol. The quantitative estimate of drug-likeness (QED) is 0.655. The summed E-state index contributed by atoms with van der Waals surface area (Å²) in [6.07, 6.45) is 9.53. The molecule has 0 aromatic heterocycles. The van der Waals surface area contributed by atoms with Gasteiger partial charge in [-0.3, -0.25) is 0 Å². The van der Waals surface area contributed by atoms with E-state index in [1.54, 1.807) is 6.08 Å². The van der Waals surface area contributed by atoms with Crippen molar-refractivity contribution in [2.75, 3.05) is 0 Å². The van der Waals surface area contributed by atoms with Crippen LogP contribution in [-0.2, 0) is 0 Å². The number of hydrogen-bond donors (Lipinski definition) is 0. The Bertz CT molecular complexity index is 325. The highest BCUT2D eigenvalue weighted by atomic mass is 14.4. The molecule has 0 amide bonds. The molecule has 0 aliphatic heterocycles. The Balaban J connectivity index is 2.98. The Morgan fingerprint density at radius 1 is 1.33 bits per heavy atom. The summed E-state index contributed by atoms with van der Waals surface area (Å²) in [6.45, 7) is 3.63. The van der Waals surface area contributed by atoms with Gasteiger partial charge in [-0.2, -0.15) is 10.5 Å². The van der Waals surface area contributed by atoms with Gasteiger partial charge in [-0.15, -0.1) is 6.58 Å². The van der Waals surface area contributed by atoms with Gasteiger partial charge in [0, 0.05) is 6.42 Å². The van der Waals surface area contributed by atoms with Crippen molar-refractivity contribution in [3.8, 4) is 12.1 Å². The first-order valence-corrected chi connectivity index (χ1v) is 5.42. The van der Waals surface area contributed by atoms with Gasteiger partial charge in [-0.05, 0) is 31.3 Å². The molecule has 0 radical (unpaired) electrons. The summed E-state index contributed by atoms with van der Waals surface area (Å²) in [7, 11) is 0. The Morgan fingerprint density at radius 2 is 2.07 bits per heavy atom. The molecule has 1 aliphatic carbocycles. The lowest BCUT2D eigenvalue weighted by Crippen LogP contribution is -2.18. The van der Waals surface area contributed by atoms with Crippen molar-refractivity contribution in [2.45, 2.75) is 38.5 Å². The standard InChI is InChI=1S/C13H16N2/c1-2-9-13(10-14,11-15)12-7-5-3-4-6-8-12/h2,7H,1,3-6,8-9H2. The van der Waals surface area contributed by atoms with E-state index >= 15 is 0 Å². The summed E-state index contributed by atoms with van der Waals surface area (Å²) in [6, 6.07) is 4.33. The zero-order chi connectivity index (χ0) is 11.1. The van der Waals surface area contributed by atoms with Crippen molar-refractivity contribution in [3.05, 3.63) is 24.3 Å². The van der Waals surface area contributed by atoms with Crippen molar-refractivity contribution < 1.29 is 0 Å². The molecule has 0 fully saturated rings. The third-order valence-electron chi connectivity index (χ3n) is 2.92. The van der Waals surface area contributed by atoms with Crippen LogP contribution >= 0.6 is 0 Å². The molecule has 0 spiro atoms. The highest BCUT2D eigenvalue weighted by Gasteiger charge is 2.33. The molecule has 0 aromatic rings. The molecular weight excluding hydrogens is 184 g/mol. The summed E-state index contributed by atoms with van der Waals surface area (Å²) >= 11 is 0. The summed E-state index contributed by atoms with van der Waals surface area (Å²) < 4.78 is 0. The first kappa shape index (κ1) is 11.5. The fourth-order valence-corrected chi connectivity index (χ4v) is 2.01. The SMILES string of the molecule is C=CCC(C#N)(C#N)C1=CCCCCC1. The van der Waals surface area contributed by atoms with Crippen LogP contribution in [0.2, 0.25) is 0 Å². The van der Waals surface area contributed by atoms with E-state index in [1.165, 1.54) is 12.8 Å². The Kier molecular flexibility index (Phi) is 4.13. The molecule has 0 saturated heterocycles. The van der Waals surface area contributed by atoms with E-state index in [-0.39, 0.29) is 0 Å². The summed E-state index contributed by atoms with van der Waals surface area (Å²) in [5.41, 5.74) is 0.0522. The first-order chi connectivity index (χ1) is 7.29. The van der Waals surface area contributed by atoms with Crippen LogP contribution in [0.4, 0.5) is 0 Å². The molecule has 0 N–H and O–H groups in total. The van der Waals surface area contributed by atoms with Crippen molar-refractivity contribution in [3.63, 3.8) is 0 Å². The Hall–Kier alpha value is -1.54. The van der Waals surface area contributed by atoms with Gasteiger partial charge in [0.1, 0.15) is 0 Å². The molecule has 0 bridgehead atoms. The van der Waals surface area contributed by atoms with Crippen molar-refractivity contribution in [2.24, 2.45) is 5.41 Å². The molecule has 2 heteroatoms. The average Bonchev–Trinajstić information content (AvgIpc) is 2.55. The van der Waals surface area contributed by atoms with Gasteiger partial charge in [0.2, 0.25) is 0 Å². The molecule has 0 atom stereocenters. The van der Waals surface area contributed by atoms with E-state index in [9.17, 15) is 10.5 Å². The van der Waals surface area contributed by atoms with Crippen molar-refractivity contribution in [1.82, 2.24) is 0 Å². The van der Waals surface area contributed by atoms with Gasteiger partial charge in [0.25, 0.3) is 0 Å². The molecule has 15 heavy (non-hydrogen) atoms. The number of nitrogens with zero attached hydrogens (tertiary/aromatic N) is 2. The maximum Gasteiger partial charge on any atom is 0.168 e. The van der Waals surface area contributed by atoms with E-state index in [0.717, 1.165) is 24.8 Å². The molecule has 2 nitrogen and oxygen atoms in total. The van der Waals surface area contributed by atoms with Crippen molar-refractivity contribution in [1.29, 1.82) is 10.5 Å². The van der Waals surface area contributed by atoms with Crippen LogP contribution in [0.15, 0.2) is 24.3 Å². The van der Waals surface area contributed by atoms with Gasteiger partial charge >= 0.3 is 0 Å². The van der Waals surface area contributed by atoms with Crippen LogP contribution in [0.1, 0.15) is 38.5 Å². The number of hydrogen-bond acceptors (Lipinski definition) is 2.